The molecule has 0 aliphatic heterocycles. The topological polar surface area (TPSA) is 75.6 Å². The third kappa shape index (κ3) is 4.71. The summed E-state index contributed by atoms with van der Waals surface area (Å²) in [6.45, 7) is 1.44. The Hall–Kier alpha value is -2.05. The lowest BCUT2D eigenvalue weighted by Gasteiger charge is -2.14. The number of aromatic hydroxyl groups is 1. The minimum Gasteiger partial charge on any atom is -0.507 e. The van der Waals surface area contributed by atoms with Crippen LogP contribution in [0.3, 0.4) is 0 Å². The highest BCUT2D eigenvalue weighted by Gasteiger charge is 2.21. The molecule has 5 nitrogen and oxygen atoms in total. The van der Waals surface area contributed by atoms with Crippen LogP contribution < -0.4 is 5.32 Å². The zero-order valence-corrected chi connectivity index (χ0v) is 14.4. The van der Waals surface area contributed by atoms with Crippen LogP contribution in [0, 0.1) is 0 Å². The lowest BCUT2D eigenvalue weighted by Crippen LogP contribution is -2.30. The van der Waals surface area contributed by atoms with E-state index >= 15 is 0 Å². The van der Waals surface area contributed by atoms with Gasteiger partial charge in [-0.3, -0.25) is 4.79 Å². The Balaban J connectivity index is 2.01. The fourth-order valence-electron chi connectivity index (χ4n) is 1.73. The van der Waals surface area contributed by atoms with Gasteiger partial charge in [-0.25, -0.2) is 4.79 Å². The van der Waals surface area contributed by atoms with Gasteiger partial charge in [0.2, 0.25) is 0 Å². The van der Waals surface area contributed by atoms with Gasteiger partial charge >= 0.3 is 5.97 Å². The van der Waals surface area contributed by atoms with Gasteiger partial charge in [0, 0.05) is 15.2 Å². The van der Waals surface area contributed by atoms with E-state index in [1.807, 2.05) is 0 Å². The number of halogens is 2. The van der Waals surface area contributed by atoms with Gasteiger partial charge in [0.25, 0.3) is 5.91 Å². The Morgan fingerprint density at radius 2 is 1.87 bits per heavy atom. The highest BCUT2D eigenvalue weighted by molar-refractivity contribution is 9.10. The van der Waals surface area contributed by atoms with Crippen LogP contribution in [0.5, 0.6) is 5.75 Å². The molecule has 0 radical (unpaired) electrons. The highest BCUT2D eigenvalue weighted by Crippen LogP contribution is 2.23. The number of amides is 1. The summed E-state index contributed by atoms with van der Waals surface area (Å²) in [6, 6.07) is 11.0. The molecule has 0 heterocycles. The van der Waals surface area contributed by atoms with Crippen LogP contribution in [0.25, 0.3) is 0 Å². The number of benzene rings is 2. The van der Waals surface area contributed by atoms with Crippen LogP contribution in [0.4, 0.5) is 5.69 Å². The Labute approximate surface area is 146 Å². The zero-order chi connectivity index (χ0) is 17.0. The van der Waals surface area contributed by atoms with Crippen LogP contribution in [0.15, 0.2) is 46.9 Å². The first-order valence-corrected chi connectivity index (χ1v) is 7.80. The molecule has 23 heavy (non-hydrogen) atoms. The van der Waals surface area contributed by atoms with Gasteiger partial charge in [-0.1, -0.05) is 27.5 Å². The first-order chi connectivity index (χ1) is 10.9. The summed E-state index contributed by atoms with van der Waals surface area (Å²) in [6.07, 6.45) is -1.04. The third-order valence-corrected chi connectivity index (χ3v) is 3.71. The number of hydrogen-bond acceptors (Lipinski definition) is 4. The molecular weight excluding hydrogens is 386 g/mol. The van der Waals surface area contributed by atoms with Gasteiger partial charge in [0.05, 0.1) is 0 Å². The maximum Gasteiger partial charge on any atom is 0.342 e. The standard InChI is InChI=1S/C16H13BrClNO4/c1-9(15(21)19-12-5-2-10(17)3-6-12)23-16(22)13-8-11(18)4-7-14(13)20/h2-9,20H,1H3,(H,19,21)/t9-/m1/s1. The van der Waals surface area contributed by atoms with Crippen LogP contribution in [-0.2, 0) is 9.53 Å². The lowest BCUT2D eigenvalue weighted by molar-refractivity contribution is -0.123. The molecular formula is C16H13BrClNO4. The molecule has 120 valence electrons. The Bertz CT molecular complexity index is 733. The molecule has 2 N–H and O–H groups in total. The average molecular weight is 399 g/mol. The van der Waals surface area contributed by atoms with Gasteiger partial charge < -0.3 is 15.2 Å². The number of hydrogen-bond donors (Lipinski definition) is 2. The van der Waals surface area contributed by atoms with Crippen molar-refractivity contribution in [2.75, 3.05) is 5.32 Å². The van der Waals surface area contributed by atoms with Gasteiger partial charge in [0.1, 0.15) is 11.3 Å². The highest BCUT2D eigenvalue weighted by atomic mass is 79.9. The SMILES string of the molecule is C[C@@H](OC(=O)c1cc(Cl)ccc1O)C(=O)Nc1ccc(Br)cc1. The van der Waals surface area contributed by atoms with E-state index in [0.29, 0.717) is 5.69 Å². The molecule has 7 heteroatoms. The van der Waals surface area contributed by atoms with Crippen molar-refractivity contribution in [3.05, 3.63) is 57.5 Å². The summed E-state index contributed by atoms with van der Waals surface area (Å²) in [5, 5.41) is 12.6. The van der Waals surface area contributed by atoms with Crippen LogP contribution in [0.2, 0.25) is 5.02 Å². The van der Waals surface area contributed by atoms with E-state index in [1.165, 1.54) is 25.1 Å². The largest absolute Gasteiger partial charge is 0.507 e. The van der Waals surface area contributed by atoms with E-state index in [9.17, 15) is 14.7 Å². The number of carbonyl (C=O) groups is 2. The fourth-order valence-corrected chi connectivity index (χ4v) is 2.16. The van der Waals surface area contributed by atoms with Crippen LogP contribution in [0.1, 0.15) is 17.3 Å². The van der Waals surface area contributed by atoms with Gasteiger partial charge in [0.15, 0.2) is 6.10 Å². The van der Waals surface area contributed by atoms with Crippen molar-refractivity contribution in [3.8, 4) is 5.75 Å². The van der Waals surface area contributed by atoms with Crippen LogP contribution in [-0.4, -0.2) is 23.1 Å². The second-order valence-corrected chi connectivity index (χ2v) is 6.06. The van der Waals surface area contributed by atoms with Crippen molar-refractivity contribution in [2.45, 2.75) is 13.0 Å². The molecule has 0 bridgehead atoms. The van der Waals surface area contributed by atoms with E-state index in [4.69, 9.17) is 16.3 Å². The molecule has 1 atom stereocenters. The Morgan fingerprint density at radius 1 is 1.22 bits per heavy atom. The van der Waals surface area contributed by atoms with Gasteiger partial charge in [-0.2, -0.15) is 0 Å². The summed E-state index contributed by atoms with van der Waals surface area (Å²) in [5.74, 6) is -1.58. The molecule has 2 aromatic carbocycles. The van der Waals surface area contributed by atoms with E-state index in [-0.39, 0.29) is 16.3 Å². The summed E-state index contributed by atoms with van der Waals surface area (Å²) in [4.78, 5) is 24.0. The van der Waals surface area contributed by atoms with Crippen LogP contribution >= 0.6 is 27.5 Å². The van der Waals surface area contributed by atoms with Crippen molar-refractivity contribution in [1.29, 1.82) is 0 Å². The van der Waals surface area contributed by atoms with Gasteiger partial charge in [-0.05, 0) is 49.4 Å². The first kappa shape index (κ1) is 17.3. The summed E-state index contributed by atoms with van der Waals surface area (Å²) >= 11 is 9.07. The number of nitrogens with one attached hydrogen (secondary N) is 1. The number of esters is 1. The van der Waals surface area contributed by atoms with Crippen molar-refractivity contribution < 1.29 is 19.4 Å². The monoisotopic (exact) mass is 397 g/mol. The second kappa shape index (κ2) is 7.48. The molecule has 2 rings (SSSR count). The number of anilines is 1. The Kier molecular flexibility index (Phi) is 5.63. The normalized spacial score (nSPS) is 11.6. The van der Waals surface area contributed by atoms with Crippen molar-refractivity contribution in [2.24, 2.45) is 0 Å². The Morgan fingerprint density at radius 3 is 2.52 bits per heavy atom. The maximum absolute atomic E-state index is 12.0. The zero-order valence-electron chi connectivity index (χ0n) is 12.0. The lowest BCUT2D eigenvalue weighted by atomic mass is 10.2. The summed E-state index contributed by atoms with van der Waals surface area (Å²) < 4.78 is 5.93. The third-order valence-electron chi connectivity index (χ3n) is 2.94. The van der Waals surface area contributed by atoms with Crippen molar-refractivity contribution >= 4 is 45.1 Å². The molecule has 0 saturated carbocycles. The minimum atomic E-state index is -1.04. The second-order valence-electron chi connectivity index (χ2n) is 4.71. The average Bonchev–Trinajstić information content (AvgIpc) is 2.51. The molecule has 1 amide bonds. The first-order valence-electron chi connectivity index (χ1n) is 6.63. The van der Waals surface area contributed by atoms with E-state index in [2.05, 4.69) is 21.2 Å². The predicted molar refractivity (Wildman–Crippen MR) is 90.8 cm³/mol. The molecule has 0 aliphatic rings. The predicted octanol–water partition coefficient (Wildman–Crippen LogP) is 3.99. The number of ether oxygens (including phenoxy) is 1. The van der Waals surface area contributed by atoms with Gasteiger partial charge in [-0.15, -0.1) is 0 Å². The quantitative estimate of drug-likeness (QED) is 0.764. The van der Waals surface area contributed by atoms with E-state index in [1.54, 1.807) is 24.3 Å². The fraction of sp³-hybridized carbons (Fsp3) is 0.125. The smallest absolute Gasteiger partial charge is 0.342 e. The van der Waals surface area contributed by atoms with E-state index in [0.717, 1.165) is 4.47 Å². The number of phenolic OH excluding ortho intramolecular Hbond substituents is 1. The number of carbonyl (C=O) groups excluding carboxylic acids is 2. The van der Waals surface area contributed by atoms with Crippen molar-refractivity contribution in [1.82, 2.24) is 0 Å². The molecule has 0 aromatic heterocycles. The minimum absolute atomic E-state index is 0.0965. The molecule has 0 aliphatic carbocycles. The van der Waals surface area contributed by atoms with Crippen molar-refractivity contribution in [3.63, 3.8) is 0 Å². The molecule has 0 spiro atoms. The molecule has 2 aromatic rings. The summed E-state index contributed by atoms with van der Waals surface area (Å²) in [5.41, 5.74) is 0.479. The summed E-state index contributed by atoms with van der Waals surface area (Å²) in [7, 11) is 0. The molecule has 0 fully saturated rings. The van der Waals surface area contributed by atoms with E-state index < -0.39 is 18.0 Å². The maximum atomic E-state index is 12.0. The molecule has 0 saturated heterocycles. The number of phenols is 1. The number of rotatable bonds is 4. The molecule has 0 unspecified atom stereocenters.